The number of rotatable bonds is 20. The van der Waals surface area contributed by atoms with Crippen LogP contribution in [-0.4, -0.2) is 229 Å². The number of hydrogen-bond acceptors (Lipinski definition) is 24. The van der Waals surface area contributed by atoms with Crippen LogP contribution < -0.4 is 0 Å². The summed E-state index contributed by atoms with van der Waals surface area (Å²) >= 11 is 0. The van der Waals surface area contributed by atoms with Gasteiger partial charge in [-0.2, -0.15) is 0 Å². The molecule has 0 amide bonds. The molecule has 24 nitrogen and oxygen atoms in total. The van der Waals surface area contributed by atoms with Gasteiger partial charge in [0.25, 0.3) is 0 Å². The van der Waals surface area contributed by atoms with Crippen LogP contribution in [0.2, 0.25) is 0 Å². The molecule has 6 aliphatic rings. The van der Waals surface area contributed by atoms with E-state index < -0.39 is 172 Å². The van der Waals surface area contributed by atoms with Crippen molar-refractivity contribution in [3.05, 3.63) is 0 Å². The predicted molar refractivity (Wildman–Crippen MR) is 280 cm³/mol. The topological polar surface area (TPSA) is 347 Å². The van der Waals surface area contributed by atoms with E-state index in [1.807, 2.05) is 0 Å². The van der Waals surface area contributed by atoms with Gasteiger partial charge in [-0.3, -0.25) is 9.59 Å². The lowest BCUT2D eigenvalue weighted by Gasteiger charge is -2.51. The van der Waals surface area contributed by atoms with Crippen LogP contribution in [0.4, 0.5) is 0 Å². The maximum atomic E-state index is 14.2. The van der Waals surface area contributed by atoms with Crippen molar-refractivity contribution in [2.24, 2.45) is 0 Å². The number of carbonyl (C=O) groups is 2. The molecule has 80 heavy (non-hydrogen) atoms. The zero-order valence-electron chi connectivity index (χ0n) is 47.8. The van der Waals surface area contributed by atoms with Crippen LogP contribution >= 0.6 is 0 Å². The Morgan fingerprint density at radius 1 is 0.475 bits per heavy atom. The van der Waals surface area contributed by atoms with E-state index >= 15 is 0 Å². The van der Waals surface area contributed by atoms with Crippen LogP contribution in [0.1, 0.15) is 176 Å². The minimum atomic E-state index is -1.99. The Bertz CT molecular complexity index is 1790. The van der Waals surface area contributed by atoms with Gasteiger partial charge in [-0.25, -0.2) is 0 Å². The number of fused-ring (bicyclic) bond motifs is 3. The first kappa shape index (κ1) is 67.3. The highest BCUT2D eigenvalue weighted by Gasteiger charge is 2.58. The van der Waals surface area contributed by atoms with E-state index in [0.29, 0.717) is 32.1 Å². The molecule has 6 heterocycles. The number of ether oxygens (including phenoxy) is 12. The van der Waals surface area contributed by atoms with E-state index in [2.05, 4.69) is 13.8 Å². The standard InChI is InChI=1S/C56H98O24/c1-7-9-11-12-14-18-23-27-36(59)76-51-50(80-53-44(67)41(64)39(62)34(28-57)74-53)47(77-52-43(66)40(63)37(60)29(3)69-52)32(6)72-56(51)78-46-31(5)71-54-45(68)48(46)75-35(58)26-22-19-16-13-15-17-21-25-33(24-20-10-8-2)73-55-49(79-54)42(65)38(61)30(4)70-55/h29-34,37-57,60-68H,7-28H2,1-6H3/t29-,30+,31-,32-,33-,34+,37-,38-,39+,40+,41-,42-,43+,44+,45+,46-,47-,48-,49+,50+,51+,52-,53-,54-,55-,56-/m0/s1. The maximum Gasteiger partial charge on any atom is 0.306 e. The minimum absolute atomic E-state index is 0.0332. The van der Waals surface area contributed by atoms with Gasteiger partial charge in [0.1, 0.15) is 85.5 Å². The summed E-state index contributed by atoms with van der Waals surface area (Å²) in [4.78, 5) is 28.1. The molecule has 0 spiro atoms. The van der Waals surface area contributed by atoms with Crippen molar-refractivity contribution < 1.29 is 117 Å². The Kier molecular flexibility index (Phi) is 27.9. The molecule has 0 radical (unpaired) electrons. The van der Waals surface area contributed by atoms with Crippen molar-refractivity contribution in [1.29, 1.82) is 0 Å². The third-order valence-electron chi connectivity index (χ3n) is 16.5. The van der Waals surface area contributed by atoms with Crippen molar-refractivity contribution in [1.82, 2.24) is 0 Å². The zero-order chi connectivity index (χ0) is 58.2. The van der Waals surface area contributed by atoms with Gasteiger partial charge in [0.05, 0.1) is 37.1 Å². The number of hydrogen-bond donors (Lipinski definition) is 10. The van der Waals surface area contributed by atoms with Crippen molar-refractivity contribution in [2.75, 3.05) is 6.61 Å². The third-order valence-corrected chi connectivity index (χ3v) is 16.5. The molecule has 0 aliphatic carbocycles. The second-order valence-corrected chi connectivity index (χ2v) is 22.9. The van der Waals surface area contributed by atoms with E-state index in [4.69, 9.17) is 56.8 Å². The van der Waals surface area contributed by atoms with Crippen LogP contribution in [0, 0.1) is 0 Å². The van der Waals surface area contributed by atoms with Crippen LogP contribution in [-0.2, 0) is 66.4 Å². The highest BCUT2D eigenvalue weighted by molar-refractivity contribution is 5.70. The molecule has 6 aliphatic heterocycles. The molecule has 24 heteroatoms. The van der Waals surface area contributed by atoms with E-state index in [-0.39, 0.29) is 18.9 Å². The van der Waals surface area contributed by atoms with E-state index in [1.165, 1.54) is 20.8 Å². The normalized spacial score (nSPS) is 43.9. The number of carbonyl (C=O) groups excluding carboxylic acids is 2. The minimum Gasteiger partial charge on any atom is -0.456 e. The molecular formula is C56H98O24. The van der Waals surface area contributed by atoms with Gasteiger partial charge in [-0.1, -0.05) is 110 Å². The van der Waals surface area contributed by atoms with Gasteiger partial charge in [-0.15, -0.1) is 0 Å². The van der Waals surface area contributed by atoms with Crippen molar-refractivity contribution in [3.8, 4) is 0 Å². The molecule has 0 aromatic heterocycles. The number of aliphatic hydroxyl groups is 10. The van der Waals surface area contributed by atoms with Gasteiger partial charge < -0.3 is 108 Å². The van der Waals surface area contributed by atoms with Gasteiger partial charge in [0, 0.05) is 12.8 Å². The maximum absolute atomic E-state index is 14.2. The summed E-state index contributed by atoms with van der Waals surface area (Å²) in [5, 5.41) is 111. The first-order valence-corrected chi connectivity index (χ1v) is 30.0. The lowest BCUT2D eigenvalue weighted by molar-refractivity contribution is -0.400. The van der Waals surface area contributed by atoms with Gasteiger partial charge in [0.15, 0.2) is 43.7 Å². The molecule has 26 atom stereocenters. The number of esters is 2. The molecule has 466 valence electrons. The molecule has 6 saturated heterocycles. The highest BCUT2D eigenvalue weighted by atomic mass is 16.8. The molecule has 6 rings (SSSR count). The zero-order valence-corrected chi connectivity index (χ0v) is 47.8. The Balaban J connectivity index is 1.36. The Labute approximate surface area is 470 Å². The van der Waals surface area contributed by atoms with Crippen LogP contribution in [0.25, 0.3) is 0 Å². The summed E-state index contributed by atoms with van der Waals surface area (Å²) in [5.41, 5.74) is 0. The van der Waals surface area contributed by atoms with E-state index in [9.17, 15) is 60.7 Å². The molecule has 10 N–H and O–H groups in total. The van der Waals surface area contributed by atoms with Crippen LogP contribution in [0.5, 0.6) is 0 Å². The third kappa shape index (κ3) is 18.1. The summed E-state index contributed by atoms with van der Waals surface area (Å²) in [6.07, 6.45) is -23.5. The second-order valence-electron chi connectivity index (χ2n) is 22.9. The fourth-order valence-electron chi connectivity index (χ4n) is 11.4. The van der Waals surface area contributed by atoms with Crippen molar-refractivity contribution >= 4 is 11.9 Å². The van der Waals surface area contributed by atoms with Crippen LogP contribution in [0.3, 0.4) is 0 Å². The summed E-state index contributed by atoms with van der Waals surface area (Å²) in [5.74, 6) is -1.47. The van der Waals surface area contributed by atoms with Gasteiger partial charge in [0.2, 0.25) is 0 Å². The Hall–Kier alpha value is -1.86. The van der Waals surface area contributed by atoms with Gasteiger partial charge in [-0.05, 0) is 53.4 Å². The van der Waals surface area contributed by atoms with E-state index in [1.54, 1.807) is 6.92 Å². The predicted octanol–water partition coefficient (Wildman–Crippen LogP) is 1.93. The molecule has 2 bridgehead atoms. The molecule has 0 aromatic rings. The summed E-state index contributed by atoms with van der Waals surface area (Å²) < 4.78 is 75.6. The van der Waals surface area contributed by atoms with Crippen molar-refractivity contribution in [2.45, 2.75) is 336 Å². The number of unbranched alkanes of at least 4 members (excludes halogenated alkanes) is 8. The fourth-order valence-corrected chi connectivity index (χ4v) is 11.4. The summed E-state index contributed by atoms with van der Waals surface area (Å²) in [7, 11) is 0. The average Bonchev–Trinajstić information content (AvgIpc) is 3.48. The SMILES string of the molecule is CCCCCCCCCC(=O)O[C@H]1[C@H](O[C@@H]2[C@H]3OC(=O)CCCCCCCCC[C@H](CCCCC)O[C@@H]4O[C@H](C)[C@H](O)[C@H](O)[C@H]4O[C@H](O[C@H]2C)[C@@H]3O)O[C@@H](C)[C@H](O[C@@H]2O[C@@H](C)[C@H](O)[C@@H](O)[C@H]2O)[C@H]1O[C@@H]1O[C@H](CO)[C@@H](O)[C@H](O)[C@H]1O. The molecule has 0 unspecified atom stereocenters. The molecular weight excluding hydrogens is 1060 g/mol. The lowest BCUT2D eigenvalue weighted by Crippen LogP contribution is -2.68. The second kappa shape index (κ2) is 33.2. The summed E-state index contributed by atoms with van der Waals surface area (Å²) in [6.45, 7) is 9.46. The quantitative estimate of drug-likeness (QED) is 0.0615. The van der Waals surface area contributed by atoms with Crippen LogP contribution in [0.15, 0.2) is 0 Å². The number of aliphatic hydroxyl groups excluding tert-OH is 10. The Morgan fingerprint density at radius 3 is 1.70 bits per heavy atom. The fraction of sp³-hybridized carbons (Fsp3) is 0.964. The average molecular weight is 1160 g/mol. The smallest absolute Gasteiger partial charge is 0.306 e. The Morgan fingerprint density at radius 2 is 1.01 bits per heavy atom. The lowest BCUT2D eigenvalue weighted by atomic mass is 9.95. The summed E-state index contributed by atoms with van der Waals surface area (Å²) in [6, 6.07) is 0. The molecule has 0 saturated carbocycles. The van der Waals surface area contributed by atoms with E-state index in [0.717, 1.165) is 89.9 Å². The first-order valence-electron chi connectivity index (χ1n) is 30.0. The molecule has 0 aromatic carbocycles. The molecule has 6 fully saturated rings. The van der Waals surface area contributed by atoms with Crippen molar-refractivity contribution in [3.63, 3.8) is 0 Å². The van der Waals surface area contributed by atoms with Gasteiger partial charge >= 0.3 is 11.9 Å². The monoisotopic (exact) mass is 1150 g/mol. The first-order chi connectivity index (χ1) is 38.3. The largest absolute Gasteiger partial charge is 0.456 e. The highest BCUT2D eigenvalue weighted by Crippen LogP contribution is 2.39.